The molecule has 1 aromatic heterocycles. The third-order valence-electron chi connectivity index (χ3n) is 4.53. The van der Waals surface area contributed by atoms with Crippen molar-refractivity contribution in [3.05, 3.63) is 23.9 Å². The Hall–Kier alpha value is -1.60. The summed E-state index contributed by atoms with van der Waals surface area (Å²) in [6.07, 6.45) is 6.96. The normalized spacial score (nSPS) is 21.1. The van der Waals surface area contributed by atoms with Gasteiger partial charge in [0, 0.05) is 25.8 Å². The van der Waals surface area contributed by atoms with Crippen LogP contribution in [-0.2, 0) is 0 Å². The van der Waals surface area contributed by atoms with Gasteiger partial charge in [0.1, 0.15) is 11.9 Å². The monoisotopic (exact) mass is 270 g/mol. The number of hydrogen-bond donors (Lipinski definition) is 0. The van der Waals surface area contributed by atoms with Gasteiger partial charge in [-0.2, -0.15) is 5.26 Å². The molecule has 2 saturated heterocycles. The molecule has 1 aromatic rings. The molecule has 2 aliphatic heterocycles. The van der Waals surface area contributed by atoms with Crippen LogP contribution in [0.4, 0.5) is 5.82 Å². The zero-order valence-corrected chi connectivity index (χ0v) is 12.0. The van der Waals surface area contributed by atoms with Crippen LogP contribution >= 0.6 is 0 Å². The molecule has 2 fully saturated rings. The van der Waals surface area contributed by atoms with Gasteiger partial charge in [0.05, 0.1) is 5.56 Å². The molecular formula is C16H22N4. The molecule has 0 amide bonds. The topological polar surface area (TPSA) is 43.2 Å². The molecule has 0 saturated carbocycles. The molecule has 0 unspecified atom stereocenters. The first kappa shape index (κ1) is 13.4. The molecule has 4 nitrogen and oxygen atoms in total. The van der Waals surface area contributed by atoms with Crippen molar-refractivity contribution >= 4 is 5.82 Å². The lowest BCUT2D eigenvalue weighted by molar-refractivity contribution is 0.249. The largest absolute Gasteiger partial charge is 0.357 e. The Labute approximate surface area is 121 Å². The second-order valence-corrected chi connectivity index (χ2v) is 5.96. The minimum Gasteiger partial charge on any atom is -0.357 e. The van der Waals surface area contributed by atoms with Crippen LogP contribution in [0.2, 0.25) is 0 Å². The van der Waals surface area contributed by atoms with Crippen LogP contribution in [0.25, 0.3) is 0 Å². The van der Waals surface area contributed by atoms with Crippen molar-refractivity contribution in [2.24, 2.45) is 5.92 Å². The maximum absolute atomic E-state index is 8.80. The maximum Gasteiger partial charge on any atom is 0.128 e. The predicted molar refractivity (Wildman–Crippen MR) is 79.6 cm³/mol. The summed E-state index contributed by atoms with van der Waals surface area (Å²) in [5, 5.41) is 8.80. The number of rotatable bonds is 3. The fourth-order valence-electron chi connectivity index (χ4n) is 3.31. The summed E-state index contributed by atoms with van der Waals surface area (Å²) in [5.41, 5.74) is 0.637. The molecule has 4 heteroatoms. The summed E-state index contributed by atoms with van der Waals surface area (Å²) < 4.78 is 0. The SMILES string of the molecule is N#Cc1ccc(N2CCC(CN3CCCC3)CC2)nc1. The molecule has 106 valence electrons. The second kappa shape index (κ2) is 6.23. The van der Waals surface area contributed by atoms with Crippen molar-refractivity contribution in [2.75, 3.05) is 37.6 Å². The number of pyridine rings is 1. The first-order chi connectivity index (χ1) is 9.85. The highest BCUT2D eigenvalue weighted by atomic mass is 15.2. The molecule has 3 heterocycles. The van der Waals surface area contributed by atoms with Gasteiger partial charge in [-0.3, -0.25) is 0 Å². The van der Waals surface area contributed by atoms with E-state index in [1.54, 1.807) is 6.20 Å². The summed E-state index contributed by atoms with van der Waals surface area (Å²) in [4.78, 5) is 9.37. The van der Waals surface area contributed by atoms with Gasteiger partial charge in [-0.05, 0) is 56.8 Å². The van der Waals surface area contributed by atoms with Gasteiger partial charge in [-0.1, -0.05) is 0 Å². The molecule has 0 atom stereocenters. The molecule has 0 spiro atoms. The number of aromatic nitrogens is 1. The van der Waals surface area contributed by atoms with Gasteiger partial charge >= 0.3 is 0 Å². The maximum atomic E-state index is 8.80. The van der Waals surface area contributed by atoms with E-state index < -0.39 is 0 Å². The third kappa shape index (κ3) is 3.10. The summed E-state index contributed by atoms with van der Waals surface area (Å²) in [5.74, 6) is 1.87. The number of anilines is 1. The Morgan fingerprint density at radius 2 is 1.90 bits per heavy atom. The van der Waals surface area contributed by atoms with E-state index in [0.29, 0.717) is 5.56 Å². The van der Waals surface area contributed by atoms with Gasteiger partial charge in [-0.25, -0.2) is 4.98 Å². The van der Waals surface area contributed by atoms with Crippen LogP contribution in [0, 0.1) is 17.2 Å². The van der Waals surface area contributed by atoms with E-state index in [9.17, 15) is 0 Å². The Bertz CT molecular complexity index is 462. The first-order valence-electron chi connectivity index (χ1n) is 7.68. The quantitative estimate of drug-likeness (QED) is 0.845. The highest BCUT2D eigenvalue weighted by molar-refractivity contribution is 5.42. The number of piperidine rings is 1. The lowest BCUT2D eigenvalue weighted by Gasteiger charge is -2.34. The molecule has 0 aliphatic carbocycles. The second-order valence-electron chi connectivity index (χ2n) is 5.96. The molecule has 2 aliphatic rings. The van der Waals surface area contributed by atoms with Crippen molar-refractivity contribution in [3.63, 3.8) is 0 Å². The van der Waals surface area contributed by atoms with Gasteiger partial charge in [0.25, 0.3) is 0 Å². The van der Waals surface area contributed by atoms with Crippen LogP contribution in [0.15, 0.2) is 18.3 Å². The molecule has 0 bridgehead atoms. The summed E-state index contributed by atoms with van der Waals surface area (Å²) in [6.45, 7) is 6.08. The highest BCUT2D eigenvalue weighted by Crippen LogP contribution is 2.23. The predicted octanol–water partition coefficient (Wildman–Crippen LogP) is 2.27. The molecular weight excluding hydrogens is 248 g/mol. The molecule has 0 aromatic carbocycles. The van der Waals surface area contributed by atoms with Crippen LogP contribution < -0.4 is 4.90 Å². The van der Waals surface area contributed by atoms with E-state index in [-0.39, 0.29) is 0 Å². The molecule has 20 heavy (non-hydrogen) atoms. The van der Waals surface area contributed by atoms with Gasteiger partial charge in [0.2, 0.25) is 0 Å². The fourth-order valence-corrected chi connectivity index (χ4v) is 3.31. The van der Waals surface area contributed by atoms with Gasteiger partial charge in [-0.15, -0.1) is 0 Å². The Balaban J connectivity index is 1.51. The zero-order chi connectivity index (χ0) is 13.8. The molecule has 3 rings (SSSR count). The number of nitrogens with zero attached hydrogens (tertiary/aromatic N) is 4. The fraction of sp³-hybridized carbons (Fsp3) is 0.625. The number of nitriles is 1. The molecule has 0 radical (unpaired) electrons. The Morgan fingerprint density at radius 3 is 2.50 bits per heavy atom. The van der Waals surface area contributed by atoms with E-state index >= 15 is 0 Å². The first-order valence-corrected chi connectivity index (χ1v) is 7.68. The van der Waals surface area contributed by atoms with Gasteiger partial charge < -0.3 is 9.80 Å². The van der Waals surface area contributed by atoms with Crippen molar-refractivity contribution in [1.82, 2.24) is 9.88 Å². The Morgan fingerprint density at radius 1 is 1.15 bits per heavy atom. The van der Waals surface area contributed by atoms with Crippen LogP contribution in [0.5, 0.6) is 0 Å². The lowest BCUT2D eigenvalue weighted by Crippen LogP contribution is -2.38. The summed E-state index contributed by atoms with van der Waals surface area (Å²) in [6, 6.07) is 5.95. The Kier molecular flexibility index (Phi) is 4.17. The van der Waals surface area contributed by atoms with Crippen molar-refractivity contribution in [2.45, 2.75) is 25.7 Å². The lowest BCUT2D eigenvalue weighted by atomic mass is 9.96. The minimum atomic E-state index is 0.637. The van der Waals surface area contributed by atoms with Crippen LogP contribution in [0.3, 0.4) is 0 Å². The van der Waals surface area contributed by atoms with E-state index in [1.807, 2.05) is 12.1 Å². The van der Waals surface area contributed by atoms with E-state index in [2.05, 4.69) is 20.9 Å². The third-order valence-corrected chi connectivity index (χ3v) is 4.53. The summed E-state index contributed by atoms with van der Waals surface area (Å²) >= 11 is 0. The average Bonchev–Trinajstić information content (AvgIpc) is 3.01. The summed E-state index contributed by atoms with van der Waals surface area (Å²) in [7, 11) is 0. The standard InChI is InChI=1S/C16H22N4/c17-11-15-3-4-16(18-12-15)20-9-5-14(6-10-20)13-19-7-1-2-8-19/h3-4,12,14H,1-2,5-10,13H2. The number of hydrogen-bond acceptors (Lipinski definition) is 4. The zero-order valence-electron chi connectivity index (χ0n) is 12.0. The van der Waals surface area contributed by atoms with E-state index in [1.165, 1.54) is 45.3 Å². The van der Waals surface area contributed by atoms with Crippen molar-refractivity contribution in [3.8, 4) is 6.07 Å². The van der Waals surface area contributed by atoms with Crippen LogP contribution in [0.1, 0.15) is 31.2 Å². The number of likely N-dealkylation sites (tertiary alicyclic amines) is 1. The smallest absolute Gasteiger partial charge is 0.128 e. The average molecular weight is 270 g/mol. The van der Waals surface area contributed by atoms with Gasteiger partial charge in [0.15, 0.2) is 0 Å². The molecule has 0 N–H and O–H groups in total. The van der Waals surface area contributed by atoms with Crippen molar-refractivity contribution in [1.29, 1.82) is 5.26 Å². The minimum absolute atomic E-state index is 0.637. The van der Waals surface area contributed by atoms with E-state index in [0.717, 1.165) is 24.8 Å². The van der Waals surface area contributed by atoms with Crippen molar-refractivity contribution < 1.29 is 0 Å². The van der Waals surface area contributed by atoms with Crippen LogP contribution in [-0.4, -0.2) is 42.6 Å². The van der Waals surface area contributed by atoms with E-state index in [4.69, 9.17) is 5.26 Å². The highest BCUT2D eigenvalue weighted by Gasteiger charge is 2.23.